The van der Waals surface area contributed by atoms with E-state index in [1.807, 2.05) is 39.8 Å². The number of aliphatic hydroxyl groups excluding tert-OH is 1. The number of H-pyrrole nitrogens is 1. The molecule has 1 aromatic heterocycles. The molecule has 1 aliphatic rings. The summed E-state index contributed by atoms with van der Waals surface area (Å²) in [5.74, 6) is 0. The van der Waals surface area contributed by atoms with E-state index in [9.17, 15) is 9.66 Å². The van der Waals surface area contributed by atoms with Crippen LogP contribution < -0.4 is 5.73 Å². The van der Waals surface area contributed by atoms with Crippen molar-refractivity contribution in [2.45, 2.75) is 63.6 Å². The summed E-state index contributed by atoms with van der Waals surface area (Å²) in [6.07, 6.45) is 2.24. The predicted molar refractivity (Wildman–Crippen MR) is 131 cm³/mol. The van der Waals surface area contributed by atoms with Gasteiger partial charge in [0.05, 0.1) is 6.61 Å². The van der Waals surface area contributed by atoms with E-state index < -0.39 is 0 Å². The number of fused-ring (bicyclic) bond motifs is 1. The molecule has 2 aromatic carbocycles. The van der Waals surface area contributed by atoms with Gasteiger partial charge in [-0.3, -0.25) is 4.90 Å². The number of rotatable bonds is 5. The molecule has 1 atom stereocenters. The number of likely N-dealkylation sites (tertiary alicyclic amines) is 1. The fourth-order valence-electron chi connectivity index (χ4n) is 3.95. The van der Waals surface area contributed by atoms with E-state index in [-0.39, 0.29) is 12.1 Å². The second-order valence-electron chi connectivity index (χ2n) is 9.54. The maximum absolute atomic E-state index is 9.51. The topological polar surface area (TPSA) is 85.5 Å². The molecule has 31 heavy (non-hydrogen) atoms. The van der Waals surface area contributed by atoms with Crippen molar-refractivity contribution < 1.29 is 9.66 Å². The summed E-state index contributed by atoms with van der Waals surface area (Å²) in [5, 5.41) is 10.7. The van der Waals surface area contributed by atoms with Gasteiger partial charge in [0, 0.05) is 51.7 Å². The third-order valence-electron chi connectivity index (χ3n) is 5.25. The summed E-state index contributed by atoms with van der Waals surface area (Å²) in [7, 11) is 0. The number of nitrogens with two attached hydrogens (primary N) is 1. The molecule has 1 fully saturated rings. The zero-order valence-corrected chi connectivity index (χ0v) is 19.8. The van der Waals surface area contributed by atoms with Crippen molar-refractivity contribution in [2.24, 2.45) is 5.73 Å². The highest BCUT2D eigenvalue weighted by Gasteiger charge is 2.24. The molecule has 0 spiro atoms. The van der Waals surface area contributed by atoms with Crippen LogP contribution in [0.5, 0.6) is 0 Å². The first kappa shape index (κ1) is 23.8. The fraction of sp³-hybridized carbons (Fsp3) is 0.440. The van der Waals surface area contributed by atoms with Gasteiger partial charge in [0.1, 0.15) is 0 Å². The molecule has 0 radical (unpaired) electrons. The average molecular weight is 442 g/mol. The SMILES string of the molecule is CC(C)(C)N.Cc1cc(SO)cc(-c2ccc3[nH]c(CN4CCCC4CO)cc3c2)c1. The Morgan fingerprint density at radius 2 is 1.87 bits per heavy atom. The number of hydrogen-bond acceptors (Lipinski definition) is 5. The lowest BCUT2D eigenvalue weighted by atomic mass is 10.0. The van der Waals surface area contributed by atoms with Crippen LogP contribution in [0.3, 0.4) is 0 Å². The highest BCUT2D eigenvalue weighted by Crippen LogP contribution is 2.29. The summed E-state index contributed by atoms with van der Waals surface area (Å²) in [4.78, 5) is 6.73. The van der Waals surface area contributed by atoms with Gasteiger partial charge in [-0.05, 0) is 94.1 Å². The summed E-state index contributed by atoms with van der Waals surface area (Å²) < 4.78 is 9.38. The van der Waals surface area contributed by atoms with Crippen molar-refractivity contribution in [1.29, 1.82) is 0 Å². The molecule has 0 amide bonds. The summed E-state index contributed by atoms with van der Waals surface area (Å²) >= 11 is 0.787. The van der Waals surface area contributed by atoms with Crippen molar-refractivity contribution in [3.8, 4) is 11.1 Å². The number of nitrogens with one attached hydrogen (secondary N) is 1. The third kappa shape index (κ3) is 6.82. The number of nitrogens with zero attached hydrogens (tertiary/aromatic N) is 1. The molecular weight excluding hydrogens is 406 g/mol. The van der Waals surface area contributed by atoms with E-state index in [2.05, 4.69) is 40.2 Å². The van der Waals surface area contributed by atoms with Crippen LogP contribution in [-0.2, 0) is 6.54 Å². The van der Waals surface area contributed by atoms with Crippen molar-refractivity contribution >= 4 is 22.9 Å². The van der Waals surface area contributed by atoms with Gasteiger partial charge in [-0.25, -0.2) is 0 Å². The fourth-order valence-corrected chi connectivity index (χ4v) is 4.37. The van der Waals surface area contributed by atoms with Crippen molar-refractivity contribution in [1.82, 2.24) is 9.88 Å². The number of hydrogen-bond donors (Lipinski definition) is 4. The van der Waals surface area contributed by atoms with Crippen molar-refractivity contribution in [3.05, 3.63) is 53.7 Å². The molecular formula is C25H35N3O2S. The minimum atomic E-state index is 0. The smallest absolute Gasteiger partial charge is 0.0587 e. The van der Waals surface area contributed by atoms with Crippen molar-refractivity contribution in [3.63, 3.8) is 0 Å². The number of aryl methyl sites for hydroxylation is 1. The lowest BCUT2D eigenvalue weighted by Crippen LogP contribution is -2.31. The zero-order valence-electron chi connectivity index (χ0n) is 19.0. The first-order valence-electron chi connectivity index (χ1n) is 10.8. The highest BCUT2D eigenvalue weighted by molar-refractivity contribution is 7.93. The maximum atomic E-state index is 9.51. The van der Waals surface area contributed by atoms with Crippen LogP contribution in [0, 0.1) is 6.92 Å². The van der Waals surface area contributed by atoms with Gasteiger partial charge in [0.2, 0.25) is 0 Å². The molecule has 5 nitrogen and oxygen atoms in total. The second-order valence-corrected chi connectivity index (χ2v) is 10.2. The number of benzene rings is 2. The maximum Gasteiger partial charge on any atom is 0.0587 e. The van der Waals surface area contributed by atoms with Crippen LogP contribution >= 0.6 is 12.0 Å². The highest BCUT2D eigenvalue weighted by atomic mass is 32.2. The third-order valence-corrected chi connectivity index (χ3v) is 5.70. The lowest BCUT2D eigenvalue weighted by molar-refractivity contribution is 0.152. The molecule has 2 heterocycles. The van der Waals surface area contributed by atoms with Gasteiger partial charge in [-0.2, -0.15) is 0 Å². The molecule has 3 aromatic rings. The molecule has 168 valence electrons. The zero-order chi connectivity index (χ0) is 22.6. The van der Waals surface area contributed by atoms with Crippen molar-refractivity contribution in [2.75, 3.05) is 13.2 Å². The van der Waals surface area contributed by atoms with E-state index in [1.165, 1.54) is 11.1 Å². The molecule has 5 N–H and O–H groups in total. The Morgan fingerprint density at radius 1 is 1.13 bits per heavy atom. The Morgan fingerprint density at radius 3 is 2.55 bits per heavy atom. The number of aromatic amines is 1. The molecule has 0 aliphatic carbocycles. The number of aromatic nitrogens is 1. The van der Waals surface area contributed by atoms with Gasteiger partial charge >= 0.3 is 0 Å². The lowest BCUT2D eigenvalue weighted by Gasteiger charge is -2.21. The van der Waals surface area contributed by atoms with Crippen LogP contribution in [0.2, 0.25) is 0 Å². The molecule has 6 heteroatoms. The Kier molecular flexibility index (Phi) is 7.83. The van der Waals surface area contributed by atoms with E-state index >= 15 is 0 Å². The monoisotopic (exact) mass is 441 g/mol. The first-order valence-corrected chi connectivity index (χ1v) is 11.6. The van der Waals surface area contributed by atoms with Gasteiger partial charge in [0.15, 0.2) is 0 Å². The second kappa shape index (κ2) is 10.2. The molecule has 0 saturated carbocycles. The standard InChI is InChI=1S/C21H24N2O2S.C4H11N/c1-14-7-16(11-20(8-14)26-25)15-4-5-21-17(9-15)10-18(22-21)12-23-6-2-3-19(23)13-24;1-4(2,3)5/h4-5,7-11,19,22,24-25H,2-3,6,12-13H2,1H3;5H2,1-3H3. The molecule has 4 rings (SSSR count). The van der Waals surface area contributed by atoms with Crippen LogP contribution in [-0.4, -0.2) is 44.3 Å². The van der Waals surface area contributed by atoms with Crippen LogP contribution in [0.15, 0.2) is 47.4 Å². The van der Waals surface area contributed by atoms with Gasteiger partial charge in [-0.15, -0.1) is 0 Å². The number of aliphatic hydroxyl groups is 1. The van der Waals surface area contributed by atoms with Crippen LogP contribution in [0.4, 0.5) is 0 Å². The van der Waals surface area contributed by atoms with Gasteiger partial charge in [0.25, 0.3) is 0 Å². The minimum Gasteiger partial charge on any atom is -0.395 e. The van der Waals surface area contributed by atoms with E-state index in [4.69, 9.17) is 5.73 Å². The van der Waals surface area contributed by atoms with Crippen LogP contribution in [0.1, 0.15) is 44.9 Å². The quantitative estimate of drug-likeness (QED) is 0.398. The molecule has 1 unspecified atom stereocenters. The normalized spacial score (nSPS) is 17.1. The Labute approximate surface area is 189 Å². The van der Waals surface area contributed by atoms with E-state index in [1.54, 1.807) is 0 Å². The summed E-state index contributed by atoms with van der Waals surface area (Å²) in [6, 6.07) is 15.1. The first-order chi connectivity index (χ1) is 14.7. The largest absolute Gasteiger partial charge is 0.395 e. The Bertz CT molecular complexity index is 1000. The summed E-state index contributed by atoms with van der Waals surface area (Å²) in [5.41, 5.74) is 11.1. The molecule has 0 bridgehead atoms. The minimum absolute atomic E-state index is 0. The Balaban J connectivity index is 0.000000491. The van der Waals surface area contributed by atoms with E-state index in [0.29, 0.717) is 6.04 Å². The predicted octanol–water partition coefficient (Wildman–Crippen LogP) is 5.41. The summed E-state index contributed by atoms with van der Waals surface area (Å²) in [6.45, 7) is 10.1. The van der Waals surface area contributed by atoms with Crippen LogP contribution in [0.25, 0.3) is 22.0 Å². The molecule has 1 aliphatic heterocycles. The Hall–Kier alpha value is -1.83. The van der Waals surface area contributed by atoms with Gasteiger partial charge in [-0.1, -0.05) is 12.1 Å². The molecule has 1 saturated heterocycles. The average Bonchev–Trinajstić information content (AvgIpc) is 3.31. The van der Waals surface area contributed by atoms with E-state index in [0.717, 1.165) is 65.1 Å². The van der Waals surface area contributed by atoms with Gasteiger partial charge < -0.3 is 20.4 Å².